The Morgan fingerprint density at radius 1 is 0.466 bits per heavy atom. The van der Waals surface area contributed by atoms with Gasteiger partial charge in [0.15, 0.2) is 23.3 Å². The third-order valence-electron chi connectivity index (χ3n) is 8.73. The summed E-state index contributed by atoms with van der Waals surface area (Å²) in [4.78, 5) is -1.74. The SMILES string of the molecule is O=S(=O)(O)C1=Cc2ccc(Oc3c(F)c(F)c(-c4c(F)c(F)c(Oc5ccc6c(c5)C(S(=O)(=O)O)CC(S(=O)(=O)O)=C6)c(F)c4F)c(F)c3F)cc2C(S(=O)(=O)O)C1. The van der Waals surface area contributed by atoms with E-state index in [1.807, 2.05) is 0 Å². The van der Waals surface area contributed by atoms with Gasteiger partial charge >= 0.3 is 0 Å². The van der Waals surface area contributed by atoms with Gasteiger partial charge in [-0.3, -0.25) is 18.2 Å². The normalized spacial score (nSPS) is 17.2. The van der Waals surface area contributed by atoms with Crippen molar-refractivity contribution >= 4 is 52.6 Å². The zero-order chi connectivity index (χ0) is 43.2. The summed E-state index contributed by atoms with van der Waals surface area (Å²) in [6.07, 6.45) is -0.584. The molecule has 0 aliphatic heterocycles. The Morgan fingerprint density at radius 2 is 0.759 bits per heavy atom. The number of rotatable bonds is 9. The second kappa shape index (κ2) is 14.4. The van der Waals surface area contributed by atoms with Crippen molar-refractivity contribution < 1.29 is 96.5 Å². The molecule has 0 heterocycles. The summed E-state index contributed by atoms with van der Waals surface area (Å²) in [5.41, 5.74) is -6.31. The maximum absolute atomic E-state index is 15.4. The number of hydrogen-bond donors (Lipinski definition) is 4. The van der Waals surface area contributed by atoms with Gasteiger partial charge in [-0.1, -0.05) is 12.1 Å². The van der Waals surface area contributed by atoms with Crippen LogP contribution in [0.5, 0.6) is 23.0 Å². The molecule has 0 spiro atoms. The van der Waals surface area contributed by atoms with Gasteiger partial charge in [-0.05, 0) is 58.7 Å². The lowest BCUT2D eigenvalue weighted by Gasteiger charge is -2.23. The first-order valence-corrected chi connectivity index (χ1v) is 21.1. The molecular formula is C32H18F8O14S4. The molecule has 4 aromatic carbocycles. The molecule has 4 aromatic rings. The van der Waals surface area contributed by atoms with Gasteiger partial charge in [0.05, 0.1) is 20.9 Å². The van der Waals surface area contributed by atoms with Crippen LogP contribution >= 0.6 is 0 Å². The fourth-order valence-corrected chi connectivity index (χ4v) is 9.42. The van der Waals surface area contributed by atoms with Crippen molar-refractivity contribution in [2.45, 2.75) is 23.3 Å². The molecule has 0 radical (unpaired) electrons. The summed E-state index contributed by atoms with van der Waals surface area (Å²) in [6, 6.07) is 4.45. The zero-order valence-electron chi connectivity index (χ0n) is 27.7. The minimum atomic E-state index is -5.18. The summed E-state index contributed by atoms with van der Waals surface area (Å²) in [6.45, 7) is 0. The van der Waals surface area contributed by atoms with Gasteiger partial charge in [0.2, 0.25) is 34.8 Å². The van der Waals surface area contributed by atoms with Crippen molar-refractivity contribution in [3.8, 4) is 34.1 Å². The number of fused-ring (bicyclic) bond motifs is 2. The Labute approximate surface area is 320 Å². The highest BCUT2D eigenvalue weighted by Gasteiger charge is 2.39. The molecule has 6 rings (SSSR count). The first-order chi connectivity index (χ1) is 26.6. The zero-order valence-corrected chi connectivity index (χ0v) is 31.0. The van der Waals surface area contributed by atoms with E-state index >= 15 is 35.1 Å². The van der Waals surface area contributed by atoms with Crippen LogP contribution in [0, 0.1) is 46.5 Å². The minimum Gasteiger partial charge on any atom is -0.451 e. The molecule has 0 saturated heterocycles. The molecule has 2 unspecified atom stereocenters. The molecule has 0 aromatic heterocycles. The predicted molar refractivity (Wildman–Crippen MR) is 181 cm³/mol. The van der Waals surface area contributed by atoms with E-state index < -0.39 is 165 Å². The molecule has 0 fully saturated rings. The maximum Gasteiger partial charge on any atom is 0.290 e. The molecule has 0 amide bonds. The van der Waals surface area contributed by atoms with E-state index in [0.29, 0.717) is 12.1 Å². The van der Waals surface area contributed by atoms with E-state index in [4.69, 9.17) is 9.47 Å². The number of ether oxygens (including phenoxy) is 2. The summed E-state index contributed by atoms with van der Waals surface area (Å²) in [5.74, 6) is -26.7. The van der Waals surface area contributed by atoms with Crippen LogP contribution in [0.1, 0.15) is 45.6 Å². The molecule has 2 atom stereocenters. The van der Waals surface area contributed by atoms with E-state index in [9.17, 15) is 51.9 Å². The molecule has 0 bridgehead atoms. The summed E-state index contributed by atoms with van der Waals surface area (Å²) in [5, 5.41) is -4.28. The summed E-state index contributed by atoms with van der Waals surface area (Å²) in [7, 11) is -20.4. The van der Waals surface area contributed by atoms with Crippen molar-refractivity contribution in [2.75, 3.05) is 0 Å². The van der Waals surface area contributed by atoms with Crippen molar-refractivity contribution in [1.29, 1.82) is 0 Å². The van der Waals surface area contributed by atoms with Gasteiger partial charge in [0, 0.05) is 12.8 Å². The third-order valence-corrected chi connectivity index (χ3v) is 12.9. The number of halogens is 8. The smallest absolute Gasteiger partial charge is 0.290 e. The van der Waals surface area contributed by atoms with Crippen LogP contribution in [-0.2, 0) is 40.5 Å². The van der Waals surface area contributed by atoms with Crippen molar-refractivity contribution in [1.82, 2.24) is 0 Å². The highest BCUT2D eigenvalue weighted by atomic mass is 32.2. The van der Waals surface area contributed by atoms with E-state index in [1.165, 1.54) is 0 Å². The number of allylic oxidation sites excluding steroid dienone is 2. The fraction of sp³-hybridized carbons (Fsp3) is 0.125. The molecule has 2 aliphatic carbocycles. The maximum atomic E-state index is 15.4. The molecule has 14 nitrogen and oxygen atoms in total. The molecule has 4 N–H and O–H groups in total. The van der Waals surface area contributed by atoms with Crippen molar-refractivity contribution in [3.05, 3.63) is 115 Å². The average molecular weight is 907 g/mol. The van der Waals surface area contributed by atoms with E-state index in [-0.39, 0.29) is 11.1 Å². The first-order valence-electron chi connectivity index (χ1n) is 15.3. The van der Waals surface area contributed by atoms with Gasteiger partial charge < -0.3 is 9.47 Å². The van der Waals surface area contributed by atoms with Crippen LogP contribution in [0.3, 0.4) is 0 Å². The van der Waals surface area contributed by atoms with Crippen LogP contribution in [-0.4, -0.2) is 51.9 Å². The molecule has 0 saturated carbocycles. The highest BCUT2D eigenvalue weighted by molar-refractivity contribution is 7.90. The van der Waals surface area contributed by atoms with Crippen LogP contribution in [0.15, 0.2) is 46.2 Å². The number of benzene rings is 4. The van der Waals surface area contributed by atoms with Gasteiger partial charge in [0.1, 0.15) is 22.0 Å². The van der Waals surface area contributed by atoms with E-state index in [1.54, 1.807) is 0 Å². The minimum absolute atomic E-state index is 0.301. The Bertz CT molecular complexity index is 2750. The van der Waals surface area contributed by atoms with Crippen LogP contribution in [0.4, 0.5) is 35.1 Å². The summed E-state index contributed by atoms with van der Waals surface area (Å²) < 4.78 is 265. The lowest BCUT2D eigenvalue weighted by molar-refractivity contribution is 0.360. The molecule has 26 heteroatoms. The largest absolute Gasteiger partial charge is 0.451 e. The standard InChI is InChI=1S/C32H18F8O14S4/c33-23-21(24(34)28(38)31(27(23)37)53-13-3-1-11-5-15(55(41,42)43)9-19(17(11)7-13)57(47,48)49)22-25(35)29(39)32(30(40)26(22)36)54-14-4-2-12-6-16(56(44,45)46)10-20(18(12)8-14)58(50,51)52/h1-8,19-20H,9-10H2,(H,41,42,43)(H,44,45,46)(H,47,48,49)(H,50,51,52). The van der Waals surface area contributed by atoms with E-state index in [0.717, 1.165) is 36.4 Å². The van der Waals surface area contributed by atoms with Gasteiger partial charge in [0.25, 0.3) is 40.5 Å². The van der Waals surface area contributed by atoms with Gasteiger partial charge in [-0.2, -0.15) is 51.2 Å². The average Bonchev–Trinajstić information content (AvgIpc) is 3.12. The Morgan fingerprint density at radius 3 is 1.02 bits per heavy atom. The monoisotopic (exact) mass is 906 g/mol. The number of hydrogen-bond acceptors (Lipinski definition) is 10. The lowest BCUT2D eigenvalue weighted by atomic mass is 9.96. The quantitative estimate of drug-likeness (QED) is 0.0740. The fourth-order valence-electron chi connectivity index (χ4n) is 6.07. The van der Waals surface area contributed by atoms with Gasteiger partial charge in [-0.25, -0.2) is 17.6 Å². The molecule has 2 aliphatic rings. The topological polar surface area (TPSA) is 236 Å². The first kappa shape index (κ1) is 42.6. The van der Waals surface area contributed by atoms with Crippen molar-refractivity contribution in [2.24, 2.45) is 0 Å². The van der Waals surface area contributed by atoms with Crippen LogP contribution < -0.4 is 9.47 Å². The van der Waals surface area contributed by atoms with E-state index in [2.05, 4.69) is 0 Å². The third kappa shape index (κ3) is 7.68. The Kier molecular flexibility index (Phi) is 10.6. The highest BCUT2D eigenvalue weighted by Crippen LogP contribution is 2.46. The molecule has 310 valence electrons. The second-order valence-electron chi connectivity index (χ2n) is 12.3. The lowest BCUT2D eigenvalue weighted by Crippen LogP contribution is -2.20. The molecule has 58 heavy (non-hydrogen) atoms. The predicted octanol–water partition coefficient (Wildman–Crippen LogP) is 7.17. The van der Waals surface area contributed by atoms with Gasteiger partial charge in [-0.15, -0.1) is 0 Å². The second-order valence-corrected chi connectivity index (χ2v) is 18.4. The Hall–Kier alpha value is -4.96. The van der Waals surface area contributed by atoms with Crippen LogP contribution in [0.25, 0.3) is 23.3 Å². The van der Waals surface area contributed by atoms with Crippen LogP contribution in [0.2, 0.25) is 0 Å². The molecular weight excluding hydrogens is 889 g/mol. The van der Waals surface area contributed by atoms with Crippen molar-refractivity contribution in [3.63, 3.8) is 0 Å². The Balaban J connectivity index is 1.40. The summed E-state index contributed by atoms with van der Waals surface area (Å²) >= 11 is 0.